The van der Waals surface area contributed by atoms with Crippen molar-refractivity contribution in [2.24, 2.45) is 0 Å². The Labute approximate surface area is 119 Å². The molecule has 0 heterocycles. The quantitative estimate of drug-likeness (QED) is 0.854. The first kappa shape index (κ1) is 12.9. The molecule has 0 unspecified atom stereocenters. The zero-order chi connectivity index (χ0) is 14.1. The molecule has 0 fully saturated rings. The Kier molecular flexibility index (Phi) is 3.26. The maximum absolute atomic E-state index is 5.53. The molecule has 2 aromatic carbocycles. The minimum absolute atomic E-state index is 0.755. The Morgan fingerprint density at radius 2 is 1.40 bits per heavy atom. The molecule has 3 rings (SSSR count). The lowest BCUT2D eigenvalue weighted by Gasteiger charge is -2.23. The number of hydrogen-bond acceptors (Lipinski definition) is 3. The Morgan fingerprint density at radius 1 is 0.750 bits per heavy atom. The van der Waals surface area contributed by atoms with Gasteiger partial charge in [-0.25, -0.2) is 0 Å². The molecule has 0 bridgehead atoms. The molecule has 0 saturated heterocycles. The van der Waals surface area contributed by atoms with Crippen LogP contribution in [0, 0.1) is 0 Å². The molecule has 0 aromatic heterocycles. The number of aryl methyl sites for hydroxylation is 2. The smallest absolute Gasteiger partial charge is 0.161 e. The van der Waals surface area contributed by atoms with Crippen LogP contribution in [0.4, 0.5) is 0 Å². The van der Waals surface area contributed by atoms with Crippen molar-refractivity contribution in [2.75, 3.05) is 21.3 Å². The van der Waals surface area contributed by atoms with Gasteiger partial charge in [-0.3, -0.25) is 0 Å². The van der Waals surface area contributed by atoms with Gasteiger partial charge in [-0.15, -0.1) is 0 Å². The summed E-state index contributed by atoms with van der Waals surface area (Å²) in [6, 6.07) is 10.3. The van der Waals surface area contributed by atoms with Gasteiger partial charge in [0.2, 0.25) is 0 Å². The summed E-state index contributed by atoms with van der Waals surface area (Å²) in [6.45, 7) is 0. The maximum Gasteiger partial charge on any atom is 0.161 e. The minimum atomic E-state index is 0.755. The molecular formula is C17H18O3. The molecule has 3 nitrogen and oxygen atoms in total. The standard InChI is InChI=1S/C17H18O3/c1-18-14-6-4-5-11-7-8-12-9-15(19-2)16(20-3)10-13(12)17(11)14/h4-6,9-10H,7-8H2,1-3H3. The molecule has 0 saturated carbocycles. The van der Waals surface area contributed by atoms with Gasteiger partial charge in [-0.05, 0) is 47.7 Å². The maximum atomic E-state index is 5.53. The molecule has 0 N–H and O–H groups in total. The third-order valence-electron chi connectivity index (χ3n) is 3.87. The fraction of sp³-hybridized carbons (Fsp3) is 0.294. The fourth-order valence-electron chi connectivity index (χ4n) is 2.89. The zero-order valence-corrected chi connectivity index (χ0v) is 12.0. The summed E-state index contributed by atoms with van der Waals surface area (Å²) in [4.78, 5) is 0. The predicted octanol–water partition coefficient (Wildman–Crippen LogP) is 3.48. The molecule has 0 radical (unpaired) electrons. The van der Waals surface area contributed by atoms with E-state index < -0.39 is 0 Å². The van der Waals surface area contributed by atoms with E-state index in [4.69, 9.17) is 14.2 Å². The second kappa shape index (κ2) is 5.08. The van der Waals surface area contributed by atoms with Gasteiger partial charge in [0.05, 0.1) is 21.3 Å². The van der Waals surface area contributed by atoms with Crippen LogP contribution >= 0.6 is 0 Å². The first-order valence-corrected chi connectivity index (χ1v) is 6.69. The topological polar surface area (TPSA) is 27.7 Å². The predicted molar refractivity (Wildman–Crippen MR) is 78.9 cm³/mol. The second-order valence-corrected chi connectivity index (χ2v) is 4.86. The summed E-state index contributed by atoms with van der Waals surface area (Å²) in [6.07, 6.45) is 2.03. The number of hydrogen-bond donors (Lipinski definition) is 0. The molecule has 1 aliphatic rings. The Balaban J connectivity index is 2.25. The average Bonchev–Trinajstić information content (AvgIpc) is 2.52. The van der Waals surface area contributed by atoms with Crippen LogP contribution in [0.3, 0.4) is 0 Å². The van der Waals surface area contributed by atoms with Gasteiger partial charge in [-0.1, -0.05) is 12.1 Å². The second-order valence-electron chi connectivity index (χ2n) is 4.86. The Morgan fingerprint density at radius 3 is 2.10 bits per heavy atom. The molecule has 2 aromatic rings. The minimum Gasteiger partial charge on any atom is -0.496 e. The van der Waals surface area contributed by atoms with Crippen LogP contribution in [0.25, 0.3) is 11.1 Å². The number of methoxy groups -OCH3 is 3. The summed E-state index contributed by atoms with van der Waals surface area (Å²) in [5.74, 6) is 2.45. The molecule has 0 spiro atoms. The summed E-state index contributed by atoms with van der Waals surface area (Å²) < 4.78 is 16.3. The van der Waals surface area contributed by atoms with Crippen molar-refractivity contribution in [1.29, 1.82) is 0 Å². The lowest BCUT2D eigenvalue weighted by Crippen LogP contribution is -2.06. The van der Waals surface area contributed by atoms with Crippen LogP contribution in [-0.4, -0.2) is 21.3 Å². The van der Waals surface area contributed by atoms with Gasteiger partial charge in [0.1, 0.15) is 5.75 Å². The number of fused-ring (bicyclic) bond motifs is 3. The lowest BCUT2D eigenvalue weighted by atomic mass is 9.84. The molecule has 20 heavy (non-hydrogen) atoms. The van der Waals surface area contributed by atoms with Gasteiger partial charge < -0.3 is 14.2 Å². The molecule has 104 valence electrons. The normalized spacial score (nSPS) is 12.3. The van der Waals surface area contributed by atoms with Crippen LogP contribution in [0.2, 0.25) is 0 Å². The van der Waals surface area contributed by atoms with E-state index in [2.05, 4.69) is 18.2 Å². The molecular weight excluding hydrogens is 252 g/mol. The van der Waals surface area contributed by atoms with Crippen LogP contribution < -0.4 is 14.2 Å². The first-order chi connectivity index (χ1) is 9.78. The van der Waals surface area contributed by atoms with Crippen molar-refractivity contribution in [1.82, 2.24) is 0 Å². The van der Waals surface area contributed by atoms with E-state index in [9.17, 15) is 0 Å². The highest BCUT2D eigenvalue weighted by molar-refractivity contribution is 5.80. The van der Waals surface area contributed by atoms with Crippen LogP contribution in [0.1, 0.15) is 11.1 Å². The van der Waals surface area contributed by atoms with Crippen molar-refractivity contribution < 1.29 is 14.2 Å². The number of rotatable bonds is 3. The fourth-order valence-corrected chi connectivity index (χ4v) is 2.89. The van der Waals surface area contributed by atoms with Gasteiger partial charge in [0.25, 0.3) is 0 Å². The van der Waals surface area contributed by atoms with Gasteiger partial charge in [-0.2, -0.15) is 0 Å². The molecule has 0 atom stereocenters. The van der Waals surface area contributed by atoms with Crippen molar-refractivity contribution in [2.45, 2.75) is 12.8 Å². The van der Waals surface area contributed by atoms with Crippen LogP contribution in [0.15, 0.2) is 30.3 Å². The summed E-state index contributed by atoms with van der Waals surface area (Å²) in [5.41, 5.74) is 4.96. The monoisotopic (exact) mass is 270 g/mol. The van der Waals surface area contributed by atoms with E-state index in [1.165, 1.54) is 22.3 Å². The van der Waals surface area contributed by atoms with Gasteiger partial charge >= 0.3 is 0 Å². The molecule has 0 aliphatic heterocycles. The highest BCUT2D eigenvalue weighted by Crippen LogP contribution is 2.44. The lowest BCUT2D eigenvalue weighted by molar-refractivity contribution is 0.354. The number of benzene rings is 2. The third kappa shape index (κ3) is 1.90. The third-order valence-corrected chi connectivity index (χ3v) is 3.87. The average molecular weight is 270 g/mol. The van der Waals surface area contributed by atoms with Gasteiger partial charge in [0, 0.05) is 5.56 Å². The van der Waals surface area contributed by atoms with Crippen LogP contribution in [-0.2, 0) is 12.8 Å². The van der Waals surface area contributed by atoms with Crippen LogP contribution in [0.5, 0.6) is 17.2 Å². The van der Waals surface area contributed by atoms with E-state index in [1.54, 1.807) is 21.3 Å². The van der Waals surface area contributed by atoms with Crippen molar-refractivity contribution in [3.05, 3.63) is 41.5 Å². The summed E-state index contributed by atoms with van der Waals surface area (Å²) >= 11 is 0. The van der Waals surface area contributed by atoms with E-state index in [-0.39, 0.29) is 0 Å². The van der Waals surface area contributed by atoms with E-state index in [0.29, 0.717) is 0 Å². The number of ether oxygens (including phenoxy) is 3. The molecule has 1 aliphatic carbocycles. The van der Waals surface area contributed by atoms with Crippen molar-refractivity contribution >= 4 is 0 Å². The van der Waals surface area contributed by atoms with E-state index in [0.717, 1.165) is 30.1 Å². The molecule has 0 amide bonds. The Bertz CT molecular complexity index is 633. The largest absolute Gasteiger partial charge is 0.496 e. The highest BCUT2D eigenvalue weighted by atomic mass is 16.5. The summed E-state index contributed by atoms with van der Waals surface area (Å²) in [7, 11) is 5.04. The molecule has 3 heteroatoms. The zero-order valence-electron chi connectivity index (χ0n) is 12.0. The first-order valence-electron chi connectivity index (χ1n) is 6.69. The van der Waals surface area contributed by atoms with E-state index >= 15 is 0 Å². The summed E-state index contributed by atoms with van der Waals surface area (Å²) in [5, 5.41) is 0. The van der Waals surface area contributed by atoms with Gasteiger partial charge in [0.15, 0.2) is 11.5 Å². The Hall–Kier alpha value is -2.16. The van der Waals surface area contributed by atoms with Crippen molar-refractivity contribution in [3.63, 3.8) is 0 Å². The van der Waals surface area contributed by atoms with Crippen molar-refractivity contribution in [3.8, 4) is 28.4 Å². The highest BCUT2D eigenvalue weighted by Gasteiger charge is 2.22. The van der Waals surface area contributed by atoms with E-state index in [1.807, 2.05) is 12.1 Å². The SMILES string of the molecule is COc1cc2c(cc1OC)-c1c(cccc1OC)CC2.